The maximum absolute atomic E-state index is 12.1. The monoisotopic (exact) mass is 281 g/mol. The number of anilines is 1. The van der Waals surface area contributed by atoms with Gasteiger partial charge in [-0.05, 0) is 54.3 Å². The van der Waals surface area contributed by atoms with Crippen molar-refractivity contribution >= 4 is 11.6 Å². The molecule has 0 fully saturated rings. The highest BCUT2D eigenvalue weighted by Gasteiger charge is 2.13. The lowest BCUT2D eigenvalue weighted by Gasteiger charge is -2.08. The standard InChI is InChI=1S/C18H19NO2/c1-12-3-5-16(9-13(12)2)19-18(20)11-14-4-6-17-15(10-14)7-8-21-17/h3-6,9-10H,7-8,11H2,1-2H3,(H,19,20). The van der Waals surface area contributed by atoms with E-state index in [0.717, 1.165) is 30.0 Å². The van der Waals surface area contributed by atoms with Crippen molar-refractivity contribution in [2.24, 2.45) is 0 Å². The Kier molecular flexibility index (Phi) is 3.65. The number of rotatable bonds is 3. The molecule has 3 rings (SSSR count). The zero-order valence-electron chi connectivity index (χ0n) is 12.4. The fourth-order valence-electron chi connectivity index (χ4n) is 2.56. The summed E-state index contributed by atoms with van der Waals surface area (Å²) in [6.45, 7) is 4.85. The van der Waals surface area contributed by atoms with E-state index < -0.39 is 0 Å². The number of carbonyl (C=O) groups is 1. The van der Waals surface area contributed by atoms with Crippen molar-refractivity contribution in [2.45, 2.75) is 26.7 Å². The van der Waals surface area contributed by atoms with Crippen LogP contribution in [0.1, 0.15) is 22.3 Å². The molecule has 0 spiro atoms. The third kappa shape index (κ3) is 3.07. The molecule has 1 heterocycles. The lowest BCUT2D eigenvalue weighted by atomic mass is 10.1. The van der Waals surface area contributed by atoms with E-state index in [1.54, 1.807) is 0 Å². The van der Waals surface area contributed by atoms with Crippen LogP contribution in [0.5, 0.6) is 5.75 Å². The third-order valence-electron chi connectivity index (χ3n) is 3.91. The van der Waals surface area contributed by atoms with Crippen LogP contribution in [0.2, 0.25) is 0 Å². The van der Waals surface area contributed by atoms with Crippen molar-refractivity contribution in [3.05, 3.63) is 58.7 Å². The van der Waals surface area contributed by atoms with E-state index in [4.69, 9.17) is 4.74 Å². The molecule has 21 heavy (non-hydrogen) atoms. The average molecular weight is 281 g/mol. The molecular formula is C18H19NO2. The molecule has 0 atom stereocenters. The molecule has 108 valence electrons. The molecular weight excluding hydrogens is 262 g/mol. The average Bonchev–Trinajstić information content (AvgIpc) is 2.90. The Labute approximate surface area is 124 Å². The zero-order valence-corrected chi connectivity index (χ0v) is 12.4. The van der Waals surface area contributed by atoms with Crippen LogP contribution in [0.3, 0.4) is 0 Å². The second-order valence-electron chi connectivity index (χ2n) is 5.56. The van der Waals surface area contributed by atoms with Gasteiger partial charge in [-0.1, -0.05) is 18.2 Å². The van der Waals surface area contributed by atoms with Crippen molar-refractivity contribution in [3.8, 4) is 5.75 Å². The van der Waals surface area contributed by atoms with Gasteiger partial charge in [-0.3, -0.25) is 4.79 Å². The van der Waals surface area contributed by atoms with Gasteiger partial charge < -0.3 is 10.1 Å². The number of hydrogen-bond acceptors (Lipinski definition) is 2. The van der Waals surface area contributed by atoms with Crippen molar-refractivity contribution in [2.75, 3.05) is 11.9 Å². The SMILES string of the molecule is Cc1ccc(NC(=O)Cc2ccc3c(c2)CCO3)cc1C. The second-order valence-corrected chi connectivity index (χ2v) is 5.56. The molecule has 1 amide bonds. The quantitative estimate of drug-likeness (QED) is 0.936. The first-order chi connectivity index (χ1) is 10.1. The van der Waals surface area contributed by atoms with E-state index in [1.807, 2.05) is 37.3 Å². The topological polar surface area (TPSA) is 38.3 Å². The van der Waals surface area contributed by atoms with Crippen molar-refractivity contribution in [3.63, 3.8) is 0 Å². The summed E-state index contributed by atoms with van der Waals surface area (Å²) in [5.74, 6) is 0.963. The van der Waals surface area contributed by atoms with Crippen LogP contribution in [0.15, 0.2) is 36.4 Å². The minimum Gasteiger partial charge on any atom is -0.493 e. The van der Waals surface area contributed by atoms with Gasteiger partial charge in [0.1, 0.15) is 5.75 Å². The largest absolute Gasteiger partial charge is 0.493 e. The molecule has 0 unspecified atom stereocenters. The number of ether oxygens (including phenoxy) is 1. The molecule has 0 aliphatic carbocycles. The molecule has 0 bridgehead atoms. The summed E-state index contributed by atoms with van der Waals surface area (Å²) in [6, 6.07) is 12.0. The van der Waals surface area contributed by atoms with E-state index in [2.05, 4.69) is 18.3 Å². The third-order valence-corrected chi connectivity index (χ3v) is 3.91. The lowest BCUT2D eigenvalue weighted by Crippen LogP contribution is -2.14. The van der Waals surface area contributed by atoms with Crippen LogP contribution < -0.4 is 10.1 Å². The van der Waals surface area contributed by atoms with Crippen LogP contribution in [0.4, 0.5) is 5.69 Å². The van der Waals surface area contributed by atoms with Crippen LogP contribution in [0.25, 0.3) is 0 Å². The van der Waals surface area contributed by atoms with Crippen molar-refractivity contribution in [1.29, 1.82) is 0 Å². The molecule has 2 aromatic carbocycles. The molecule has 1 aliphatic rings. The molecule has 1 N–H and O–H groups in total. The van der Waals surface area contributed by atoms with Gasteiger partial charge in [0, 0.05) is 12.1 Å². The Bertz CT molecular complexity index is 692. The Hall–Kier alpha value is -2.29. The summed E-state index contributed by atoms with van der Waals surface area (Å²) in [4.78, 5) is 12.1. The molecule has 1 aliphatic heterocycles. The molecule has 3 nitrogen and oxygen atoms in total. The summed E-state index contributed by atoms with van der Waals surface area (Å²) in [7, 11) is 0. The molecule has 0 saturated heterocycles. The minimum absolute atomic E-state index is 0.0112. The zero-order chi connectivity index (χ0) is 14.8. The molecule has 0 radical (unpaired) electrons. The Morgan fingerprint density at radius 1 is 1.14 bits per heavy atom. The summed E-state index contributed by atoms with van der Waals surface area (Å²) < 4.78 is 5.48. The number of amides is 1. The summed E-state index contributed by atoms with van der Waals surface area (Å²) in [5.41, 5.74) is 5.49. The summed E-state index contributed by atoms with van der Waals surface area (Å²) >= 11 is 0. The first-order valence-electron chi connectivity index (χ1n) is 7.23. The highest BCUT2D eigenvalue weighted by atomic mass is 16.5. The number of nitrogens with one attached hydrogen (secondary N) is 1. The summed E-state index contributed by atoms with van der Waals surface area (Å²) in [6.07, 6.45) is 1.32. The number of hydrogen-bond donors (Lipinski definition) is 1. The van der Waals surface area contributed by atoms with E-state index in [1.165, 1.54) is 16.7 Å². The van der Waals surface area contributed by atoms with Crippen LogP contribution in [-0.2, 0) is 17.6 Å². The molecule has 0 saturated carbocycles. The number of carbonyl (C=O) groups excluding carboxylic acids is 1. The maximum atomic E-state index is 12.1. The maximum Gasteiger partial charge on any atom is 0.228 e. The number of fused-ring (bicyclic) bond motifs is 1. The Balaban J connectivity index is 1.67. The number of benzene rings is 2. The van der Waals surface area contributed by atoms with E-state index in [9.17, 15) is 4.79 Å². The second kappa shape index (κ2) is 5.60. The fourth-order valence-corrected chi connectivity index (χ4v) is 2.56. The van der Waals surface area contributed by atoms with E-state index >= 15 is 0 Å². The Morgan fingerprint density at radius 3 is 2.81 bits per heavy atom. The van der Waals surface area contributed by atoms with Gasteiger partial charge >= 0.3 is 0 Å². The normalized spacial score (nSPS) is 12.7. The van der Waals surface area contributed by atoms with Gasteiger partial charge in [0.05, 0.1) is 13.0 Å². The first-order valence-corrected chi connectivity index (χ1v) is 7.23. The lowest BCUT2D eigenvalue weighted by molar-refractivity contribution is -0.115. The number of aryl methyl sites for hydroxylation is 2. The highest BCUT2D eigenvalue weighted by molar-refractivity contribution is 5.92. The highest BCUT2D eigenvalue weighted by Crippen LogP contribution is 2.26. The predicted octanol–water partition coefficient (Wildman–Crippen LogP) is 3.42. The summed E-state index contributed by atoms with van der Waals surface area (Å²) in [5, 5.41) is 2.96. The van der Waals surface area contributed by atoms with Gasteiger partial charge in [-0.25, -0.2) is 0 Å². The van der Waals surface area contributed by atoms with Crippen molar-refractivity contribution < 1.29 is 9.53 Å². The molecule has 2 aromatic rings. The minimum atomic E-state index is 0.0112. The van der Waals surface area contributed by atoms with Gasteiger partial charge in [-0.2, -0.15) is 0 Å². The smallest absolute Gasteiger partial charge is 0.228 e. The van der Waals surface area contributed by atoms with Gasteiger partial charge in [0.15, 0.2) is 0 Å². The van der Waals surface area contributed by atoms with Gasteiger partial charge in [0.2, 0.25) is 5.91 Å². The van der Waals surface area contributed by atoms with Crippen molar-refractivity contribution in [1.82, 2.24) is 0 Å². The van der Waals surface area contributed by atoms with Gasteiger partial charge in [0.25, 0.3) is 0 Å². The van der Waals surface area contributed by atoms with Crippen LogP contribution >= 0.6 is 0 Å². The van der Waals surface area contributed by atoms with E-state index in [-0.39, 0.29) is 5.91 Å². The van der Waals surface area contributed by atoms with E-state index in [0.29, 0.717) is 6.42 Å². The van der Waals surface area contributed by atoms with Crippen LogP contribution in [0, 0.1) is 13.8 Å². The first kappa shape index (κ1) is 13.7. The Morgan fingerprint density at radius 2 is 2.00 bits per heavy atom. The van der Waals surface area contributed by atoms with Crippen LogP contribution in [-0.4, -0.2) is 12.5 Å². The molecule has 3 heteroatoms. The predicted molar refractivity (Wildman–Crippen MR) is 83.9 cm³/mol. The van der Waals surface area contributed by atoms with Gasteiger partial charge in [-0.15, -0.1) is 0 Å². The molecule has 0 aromatic heterocycles. The fraction of sp³-hybridized carbons (Fsp3) is 0.278.